The van der Waals surface area contributed by atoms with Crippen LogP contribution in [0.3, 0.4) is 0 Å². The lowest BCUT2D eigenvalue weighted by Crippen LogP contribution is -2.31. The van der Waals surface area contributed by atoms with E-state index < -0.39 is 30.4 Å². The third-order valence-electron chi connectivity index (χ3n) is 7.55. The molecule has 1 saturated heterocycles. The van der Waals surface area contributed by atoms with E-state index in [0.717, 1.165) is 6.42 Å². The van der Waals surface area contributed by atoms with Gasteiger partial charge < -0.3 is 14.8 Å². The predicted molar refractivity (Wildman–Crippen MR) is 150 cm³/mol. The molecule has 1 aliphatic carbocycles. The lowest BCUT2D eigenvalue weighted by Gasteiger charge is -2.28. The van der Waals surface area contributed by atoms with Crippen molar-refractivity contribution < 1.29 is 33.4 Å². The number of hydrogen-bond acceptors (Lipinski definition) is 7. The summed E-state index contributed by atoms with van der Waals surface area (Å²) in [5, 5.41) is 2.59. The van der Waals surface area contributed by atoms with E-state index in [1.54, 1.807) is 31.2 Å². The maximum atomic E-state index is 13.4. The molecule has 2 aliphatic rings. The lowest BCUT2D eigenvalue weighted by molar-refractivity contribution is -0.122. The number of nitrogens with one attached hydrogen (secondary N) is 1. The first-order valence-electron chi connectivity index (χ1n) is 13.6. The first-order chi connectivity index (χ1) is 19.9. The summed E-state index contributed by atoms with van der Waals surface area (Å²) in [5.74, 6) is -2.84. The summed E-state index contributed by atoms with van der Waals surface area (Å²) in [5.41, 5.74) is 2.37. The highest BCUT2D eigenvalue weighted by atomic mass is 16.5. The Balaban J connectivity index is 1.19. The molecular formula is C32H30N2O7. The number of amides is 3. The molecule has 0 unspecified atom stereocenters. The van der Waals surface area contributed by atoms with E-state index in [9.17, 15) is 24.0 Å². The van der Waals surface area contributed by atoms with Gasteiger partial charge in [0.1, 0.15) is 0 Å². The Bertz CT molecular complexity index is 1470. The molecule has 1 heterocycles. The molecule has 3 atom stereocenters. The summed E-state index contributed by atoms with van der Waals surface area (Å²) < 4.78 is 10.1. The average molecular weight is 555 g/mol. The predicted octanol–water partition coefficient (Wildman–Crippen LogP) is 4.73. The van der Waals surface area contributed by atoms with Crippen molar-refractivity contribution in [2.24, 2.45) is 11.8 Å². The van der Waals surface area contributed by atoms with Gasteiger partial charge in [-0.1, -0.05) is 36.4 Å². The fourth-order valence-corrected chi connectivity index (χ4v) is 5.55. The number of fused-ring (bicyclic) bond motifs is 1. The van der Waals surface area contributed by atoms with E-state index in [-0.39, 0.29) is 35.8 Å². The van der Waals surface area contributed by atoms with E-state index in [1.807, 2.05) is 18.2 Å². The molecule has 9 heteroatoms. The maximum absolute atomic E-state index is 13.4. The highest BCUT2D eigenvalue weighted by Crippen LogP contribution is 2.45. The van der Waals surface area contributed by atoms with Crippen LogP contribution in [0.25, 0.3) is 0 Å². The van der Waals surface area contributed by atoms with Crippen LogP contribution in [0.5, 0.6) is 0 Å². The average Bonchev–Trinajstić information content (AvgIpc) is 3.25. The van der Waals surface area contributed by atoms with Crippen LogP contribution in [0.1, 0.15) is 58.4 Å². The molecule has 41 heavy (non-hydrogen) atoms. The van der Waals surface area contributed by atoms with Crippen molar-refractivity contribution in [1.29, 1.82) is 0 Å². The molecule has 1 aliphatic heterocycles. The SMILES string of the molecule is CCOC(=O)c1ccc(NC(=O)COC(=O)c2cccc(N3C(=O)[C@H]4C[C@H](c5ccccc5)CC[C@H]4C3=O)c2)cc1. The topological polar surface area (TPSA) is 119 Å². The number of carbonyl (C=O) groups excluding carboxylic acids is 5. The van der Waals surface area contributed by atoms with Gasteiger partial charge in [0.05, 0.1) is 35.3 Å². The standard InChI is InChI=1S/C32H30N2O7/c1-2-40-31(38)21-11-14-24(15-12-21)33-28(35)19-41-32(39)23-9-6-10-25(17-23)34-29(36)26-16-13-22(18-27(26)30(34)37)20-7-4-3-5-8-20/h3-12,14-15,17,22,26-27H,2,13,16,18-19H2,1H3,(H,33,35)/t22-,26-,27+/m1/s1. The van der Waals surface area contributed by atoms with Gasteiger partial charge in [0.25, 0.3) is 5.91 Å². The summed E-state index contributed by atoms with van der Waals surface area (Å²) in [6.07, 6.45) is 2.08. The molecule has 3 amide bonds. The van der Waals surface area contributed by atoms with Crippen LogP contribution in [0.2, 0.25) is 0 Å². The van der Waals surface area contributed by atoms with E-state index in [4.69, 9.17) is 9.47 Å². The zero-order valence-corrected chi connectivity index (χ0v) is 22.6. The van der Waals surface area contributed by atoms with Gasteiger partial charge in [-0.2, -0.15) is 0 Å². The summed E-state index contributed by atoms with van der Waals surface area (Å²) in [4.78, 5) is 64.7. The molecule has 0 bridgehead atoms. The Morgan fingerprint density at radius 2 is 1.51 bits per heavy atom. The summed E-state index contributed by atoms with van der Waals surface area (Å²) >= 11 is 0. The minimum Gasteiger partial charge on any atom is -0.462 e. The molecule has 1 N–H and O–H groups in total. The molecular weight excluding hydrogens is 524 g/mol. The van der Waals surface area contributed by atoms with E-state index >= 15 is 0 Å². The largest absolute Gasteiger partial charge is 0.462 e. The van der Waals surface area contributed by atoms with Gasteiger partial charge in [0.2, 0.25) is 11.8 Å². The molecule has 9 nitrogen and oxygen atoms in total. The van der Waals surface area contributed by atoms with Crippen LogP contribution in [-0.2, 0) is 23.9 Å². The molecule has 210 valence electrons. The summed E-state index contributed by atoms with van der Waals surface area (Å²) in [6, 6.07) is 22.3. The highest BCUT2D eigenvalue weighted by Gasteiger charge is 2.50. The van der Waals surface area contributed by atoms with Gasteiger partial charge >= 0.3 is 11.9 Å². The Hall–Kier alpha value is -4.79. The first-order valence-corrected chi connectivity index (χ1v) is 13.6. The molecule has 0 aromatic heterocycles. The second kappa shape index (κ2) is 12.2. The molecule has 1 saturated carbocycles. The monoisotopic (exact) mass is 554 g/mol. The molecule has 5 rings (SSSR count). The van der Waals surface area contributed by atoms with E-state index in [1.165, 1.54) is 34.7 Å². The number of hydrogen-bond donors (Lipinski definition) is 1. The summed E-state index contributed by atoms with van der Waals surface area (Å²) in [7, 11) is 0. The van der Waals surface area contributed by atoms with Crippen molar-refractivity contribution >= 4 is 41.0 Å². The van der Waals surface area contributed by atoms with Crippen molar-refractivity contribution in [1.82, 2.24) is 0 Å². The van der Waals surface area contributed by atoms with Gasteiger partial charge in [-0.3, -0.25) is 19.3 Å². The van der Waals surface area contributed by atoms with Gasteiger partial charge in [-0.05, 0) is 80.1 Å². The molecule has 3 aromatic rings. The number of benzene rings is 3. The lowest BCUT2D eigenvalue weighted by atomic mass is 9.73. The van der Waals surface area contributed by atoms with Crippen LogP contribution in [0, 0.1) is 11.8 Å². The van der Waals surface area contributed by atoms with Crippen LogP contribution in [-0.4, -0.2) is 42.9 Å². The third-order valence-corrected chi connectivity index (χ3v) is 7.55. The fourth-order valence-electron chi connectivity index (χ4n) is 5.55. The molecule has 2 fully saturated rings. The minimum atomic E-state index is -0.764. The Morgan fingerprint density at radius 1 is 0.805 bits per heavy atom. The maximum Gasteiger partial charge on any atom is 0.338 e. The quantitative estimate of drug-likeness (QED) is 0.316. The number of nitrogens with zero attached hydrogens (tertiary/aromatic N) is 1. The van der Waals surface area contributed by atoms with Crippen LogP contribution < -0.4 is 10.2 Å². The van der Waals surface area contributed by atoms with Crippen molar-refractivity contribution in [2.45, 2.75) is 32.1 Å². The Morgan fingerprint density at radius 3 is 2.24 bits per heavy atom. The minimum absolute atomic E-state index is 0.117. The Kier molecular flexibility index (Phi) is 8.24. The molecule has 3 aromatic carbocycles. The highest BCUT2D eigenvalue weighted by molar-refractivity contribution is 6.22. The van der Waals surface area contributed by atoms with Gasteiger partial charge in [0.15, 0.2) is 6.61 Å². The van der Waals surface area contributed by atoms with Crippen molar-refractivity contribution in [3.63, 3.8) is 0 Å². The summed E-state index contributed by atoms with van der Waals surface area (Å²) in [6.45, 7) is 1.42. The zero-order valence-electron chi connectivity index (χ0n) is 22.6. The number of anilines is 2. The number of imide groups is 1. The van der Waals surface area contributed by atoms with Crippen LogP contribution >= 0.6 is 0 Å². The van der Waals surface area contributed by atoms with Gasteiger partial charge in [0, 0.05) is 5.69 Å². The fraction of sp³-hybridized carbons (Fsp3) is 0.281. The number of carbonyl (C=O) groups is 5. The van der Waals surface area contributed by atoms with Crippen LogP contribution in [0.15, 0.2) is 78.9 Å². The normalized spacial score (nSPS) is 19.8. The van der Waals surface area contributed by atoms with Crippen molar-refractivity contribution in [3.05, 3.63) is 95.6 Å². The second-order valence-corrected chi connectivity index (χ2v) is 10.1. The molecule has 0 radical (unpaired) electrons. The third kappa shape index (κ3) is 6.04. The Labute approximate surface area is 237 Å². The number of esters is 2. The number of rotatable bonds is 8. The smallest absolute Gasteiger partial charge is 0.338 e. The van der Waals surface area contributed by atoms with Gasteiger partial charge in [-0.25, -0.2) is 9.59 Å². The van der Waals surface area contributed by atoms with E-state index in [0.29, 0.717) is 29.8 Å². The zero-order chi connectivity index (χ0) is 28.9. The van der Waals surface area contributed by atoms with Crippen molar-refractivity contribution in [2.75, 3.05) is 23.4 Å². The molecule has 0 spiro atoms. The number of ether oxygens (including phenoxy) is 2. The van der Waals surface area contributed by atoms with Crippen LogP contribution in [0.4, 0.5) is 11.4 Å². The second-order valence-electron chi connectivity index (χ2n) is 10.1. The van der Waals surface area contributed by atoms with E-state index in [2.05, 4.69) is 17.4 Å². The van der Waals surface area contributed by atoms with Crippen molar-refractivity contribution in [3.8, 4) is 0 Å². The first kappa shape index (κ1) is 27.8. The van der Waals surface area contributed by atoms with Gasteiger partial charge in [-0.15, -0.1) is 0 Å².